The highest BCUT2D eigenvalue weighted by Gasteiger charge is 2.40. The number of nitrogens with two attached hydrogens (primary N) is 1. The highest BCUT2D eigenvalue weighted by Crippen LogP contribution is 2.28. The van der Waals surface area contributed by atoms with E-state index < -0.39 is 0 Å². The van der Waals surface area contributed by atoms with Crippen LogP contribution in [0.25, 0.3) is 0 Å². The minimum absolute atomic E-state index is 0.0906. The number of hydrogen-bond acceptors (Lipinski definition) is 2. The van der Waals surface area contributed by atoms with Gasteiger partial charge < -0.3 is 11.1 Å². The Labute approximate surface area is 80.1 Å². The molecule has 3 nitrogen and oxygen atoms in total. The van der Waals surface area contributed by atoms with Gasteiger partial charge in [-0.3, -0.25) is 4.79 Å². The predicted molar refractivity (Wildman–Crippen MR) is 53.1 cm³/mol. The van der Waals surface area contributed by atoms with Gasteiger partial charge in [-0.1, -0.05) is 20.8 Å². The lowest BCUT2D eigenvalue weighted by Crippen LogP contribution is -2.39. The van der Waals surface area contributed by atoms with Gasteiger partial charge in [0.05, 0.1) is 5.92 Å². The lowest BCUT2D eigenvalue weighted by molar-refractivity contribution is -0.123. The van der Waals surface area contributed by atoms with E-state index in [1.165, 1.54) is 0 Å². The summed E-state index contributed by atoms with van der Waals surface area (Å²) in [6.45, 7) is 6.35. The van der Waals surface area contributed by atoms with Gasteiger partial charge in [0, 0.05) is 12.1 Å². The quantitative estimate of drug-likeness (QED) is 0.681. The fourth-order valence-electron chi connectivity index (χ4n) is 1.55. The van der Waals surface area contributed by atoms with E-state index >= 15 is 0 Å². The van der Waals surface area contributed by atoms with Crippen LogP contribution >= 0.6 is 0 Å². The zero-order valence-corrected chi connectivity index (χ0v) is 8.71. The van der Waals surface area contributed by atoms with Gasteiger partial charge in [0.25, 0.3) is 0 Å². The summed E-state index contributed by atoms with van der Waals surface area (Å²) in [5.74, 6) is 0.741. The molecular formula is C10H20N2O. The molecular weight excluding hydrogens is 164 g/mol. The first-order valence-corrected chi connectivity index (χ1v) is 5.12. The molecule has 0 aromatic rings. The maximum atomic E-state index is 11.5. The van der Waals surface area contributed by atoms with Crippen molar-refractivity contribution < 1.29 is 4.79 Å². The Kier molecular flexibility index (Phi) is 3.31. The average Bonchev–Trinajstić information content (AvgIpc) is 2.77. The van der Waals surface area contributed by atoms with Gasteiger partial charge in [0.15, 0.2) is 0 Å². The van der Waals surface area contributed by atoms with E-state index in [9.17, 15) is 4.79 Å². The monoisotopic (exact) mass is 184 g/mol. The van der Waals surface area contributed by atoms with Crippen LogP contribution in [0, 0.1) is 11.8 Å². The Morgan fingerprint density at radius 2 is 2.15 bits per heavy atom. The van der Waals surface area contributed by atoms with E-state index in [1.807, 2.05) is 0 Å². The molecule has 0 aromatic carbocycles. The first-order valence-electron chi connectivity index (χ1n) is 5.12. The van der Waals surface area contributed by atoms with E-state index in [0.29, 0.717) is 12.0 Å². The summed E-state index contributed by atoms with van der Waals surface area (Å²) in [4.78, 5) is 11.5. The third-order valence-corrected chi connectivity index (χ3v) is 2.75. The molecule has 3 N–H and O–H groups in total. The first-order chi connectivity index (χ1) is 6.06. The van der Waals surface area contributed by atoms with E-state index in [4.69, 9.17) is 5.73 Å². The highest BCUT2D eigenvalue weighted by molar-refractivity contribution is 5.82. The molecule has 13 heavy (non-hydrogen) atoms. The Morgan fingerprint density at radius 1 is 1.62 bits per heavy atom. The van der Waals surface area contributed by atoms with Crippen LogP contribution in [-0.2, 0) is 4.79 Å². The molecule has 1 rings (SSSR count). The topological polar surface area (TPSA) is 55.1 Å². The molecule has 0 radical (unpaired) electrons. The van der Waals surface area contributed by atoms with Gasteiger partial charge in [0.1, 0.15) is 0 Å². The number of hydrogen-bond donors (Lipinski definition) is 2. The molecule has 0 aliphatic heterocycles. The summed E-state index contributed by atoms with van der Waals surface area (Å²) in [6.07, 6.45) is 1.85. The maximum Gasteiger partial charge on any atom is 0.224 e. The van der Waals surface area contributed by atoms with Crippen molar-refractivity contribution in [3.8, 4) is 0 Å². The molecule has 1 aliphatic carbocycles. The molecule has 1 saturated carbocycles. The molecule has 76 valence electrons. The summed E-state index contributed by atoms with van der Waals surface area (Å²) in [7, 11) is 0. The Morgan fingerprint density at radius 3 is 2.46 bits per heavy atom. The van der Waals surface area contributed by atoms with E-state index in [-0.39, 0.29) is 17.9 Å². The molecule has 0 heterocycles. The first kappa shape index (κ1) is 10.5. The smallest absolute Gasteiger partial charge is 0.224 e. The lowest BCUT2D eigenvalue weighted by atomic mass is 10.0. The third kappa shape index (κ3) is 2.69. The zero-order chi connectivity index (χ0) is 10.0. The molecule has 1 fully saturated rings. The highest BCUT2D eigenvalue weighted by atomic mass is 16.2. The molecule has 0 saturated heterocycles. The van der Waals surface area contributed by atoms with Gasteiger partial charge in [0.2, 0.25) is 5.91 Å². The fraction of sp³-hybridized carbons (Fsp3) is 0.900. The minimum atomic E-state index is 0.0906. The average molecular weight is 184 g/mol. The van der Waals surface area contributed by atoms with Crippen LogP contribution in [0.1, 0.15) is 33.6 Å². The molecule has 1 aliphatic rings. The summed E-state index contributed by atoms with van der Waals surface area (Å²) < 4.78 is 0. The maximum absolute atomic E-state index is 11.5. The fourth-order valence-corrected chi connectivity index (χ4v) is 1.55. The summed E-state index contributed by atoms with van der Waals surface area (Å²) in [6, 6.07) is 0.421. The van der Waals surface area contributed by atoms with Gasteiger partial charge in [-0.05, 0) is 18.8 Å². The van der Waals surface area contributed by atoms with Gasteiger partial charge in [-0.25, -0.2) is 0 Å². The minimum Gasteiger partial charge on any atom is -0.353 e. The van der Waals surface area contributed by atoms with Crippen molar-refractivity contribution in [3.63, 3.8) is 0 Å². The van der Waals surface area contributed by atoms with Crippen molar-refractivity contribution in [1.82, 2.24) is 5.32 Å². The molecule has 3 unspecified atom stereocenters. The van der Waals surface area contributed by atoms with E-state index in [2.05, 4.69) is 26.1 Å². The number of carbonyl (C=O) groups is 1. The van der Waals surface area contributed by atoms with Crippen LogP contribution in [0.15, 0.2) is 0 Å². The normalized spacial score (nSPS) is 28.7. The van der Waals surface area contributed by atoms with Crippen molar-refractivity contribution in [2.75, 3.05) is 0 Å². The van der Waals surface area contributed by atoms with Crippen molar-refractivity contribution in [2.45, 2.75) is 45.7 Å². The van der Waals surface area contributed by atoms with Gasteiger partial charge >= 0.3 is 0 Å². The largest absolute Gasteiger partial charge is 0.353 e. The Bertz CT molecular complexity index is 191. The van der Waals surface area contributed by atoms with Crippen LogP contribution in [0.4, 0.5) is 0 Å². The Hall–Kier alpha value is -0.570. The van der Waals surface area contributed by atoms with Crippen LogP contribution in [0.3, 0.4) is 0 Å². The molecule has 0 aromatic heterocycles. The van der Waals surface area contributed by atoms with E-state index in [0.717, 1.165) is 12.8 Å². The summed E-state index contributed by atoms with van der Waals surface area (Å²) in [5.41, 5.74) is 5.60. The summed E-state index contributed by atoms with van der Waals surface area (Å²) >= 11 is 0. The standard InChI is InChI=1S/C10H20N2O/c1-4-9(6(2)3)12-10(13)7-5-8(7)11/h6-9H,4-5,11H2,1-3H3,(H,12,13). The molecule has 1 amide bonds. The van der Waals surface area contributed by atoms with Crippen molar-refractivity contribution >= 4 is 5.91 Å². The number of rotatable bonds is 4. The predicted octanol–water partition coefficient (Wildman–Crippen LogP) is 0.884. The molecule has 0 bridgehead atoms. The SMILES string of the molecule is CCC(NC(=O)C1CC1N)C(C)C. The molecule has 0 spiro atoms. The van der Waals surface area contributed by atoms with Crippen LogP contribution in [0.5, 0.6) is 0 Å². The second-order valence-electron chi connectivity index (χ2n) is 4.27. The van der Waals surface area contributed by atoms with Crippen LogP contribution in [-0.4, -0.2) is 18.0 Å². The summed E-state index contributed by atoms with van der Waals surface area (Å²) in [5, 5.41) is 3.04. The van der Waals surface area contributed by atoms with Crippen molar-refractivity contribution in [3.05, 3.63) is 0 Å². The van der Waals surface area contributed by atoms with Gasteiger partial charge in [-0.15, -0.1) is 0 Å². The number of carbonyl (C=O) groups excluding carboxylic acids is 1. The third-order valence-electron chi connectivity index (χ3n) is 2.75. The van der Waals surface area contributed by atoms with Crippen LogP contribution < -0.4 is 11.1 Å². The lowest BCUT2D eigenvalue weighted by Gasteiger charge is -2.20. The molecule has 3 heteroatoms. The number of amides is 1. The van der Waals surface area contributed by atoms with E-state index in [1.54, 1.807) is 0 Å². The van der Waals surface area contributed by atoms with Crippen LogP contribution in [0.2, 0.25) is 0 Å². The molecule has 3 atom stereocenters. The Balaban J connectivity index is 2.33. The van der Waals surface area contributed by atoms with Crippen molar-refractivity contribution in [1.29, 1.82) is 0 Å². The second kappa shape index (κ2) is 4.09. The van der Waals surface area contributed by atoms with Gasteiger partial charge in [-0.2, -0.15) is 0 Å². The zero-order valence-electron chi connectivity index (χ0n) is 8.71. The second-order valence-corrected chi connectivity index (χ2v) is 4.27. The van der Waals surface area contributed by atoms with Crippen molar-refractivity contribution in [2.24, 2.45) is 17.6 Å². The number of nitrogens with one attached hydrogen (secondary N) is 1.